The third-order valence-electron chi connectivity index (χ3n) is 4.51. The summed E-state index contributed by atoms with van der Waals surface area (Å²) >= 11 is 1.44. The minimum Gasteiger partial charge on any atom is -0.318 e. The van der Waals surface area contributed by atoms with Gasteiger partial charge >= 0.3 is 0 Å². The highest BCUT2D eigenvalue weighted by molar-refractivity contribution is 8.18. The summed E-state index contributed by atoms with van der Waals surface area (Å²) in [5.74, 6) is 0.0119. The largest absolute Gasteiger partial charge is 0.318 e. The first kappa shape index (κ1) is 19.0. The zero-order valence-electron chi connectivity index (χ0n) is 16.0. The molecular weight excluding hydrogens is 356 g/mol. The predicted octanol–water partition coefficient (Wildman–Crippen LogP) is 4.28. The number of aromatic nitrogens is 1. The van der Waals surface area contributed by atoms with Gasteiger partial charge in [0.25, 0.3) is 5.91 Å². The maximum Gasteiger partial charge on any atom is 0.266 e. The Morgan fingerprint density at radius 1 is 1.22 bits per heavy atom. The molecule has 0 unspecified atom stereocenters. The average molecular weight is 379 g/mol. The van der Waals surface area contributed by atoms with Crippen molar-refractivity contribution in [2.45, 2.75) is 27.7 Å². The molecule has 0 N–H and O–H groups in total. The van der Waals surface area contributed by atoms with E-state index in [1.807, 2.05) is 58.0 Å². The monoisotopic (exact) mass is 378 g/mol. The molecule has 3 rings (SSSR count). The molecule has 5 nitrogen and oxygen atoms in total. The average Bonchev–Trinajstić information content (AvgIpc) is 3.11. The second kappa shape index (κ2) is 7.85. The number of carbonyl (C=O) groups excluding carboxylic acids is 1. The lowest BCUT2D eigenvalue weighted by Gasteiger charge is -2.11. The van der Waals surface area contributed by atoms with E-state index in [1.54, 1.807) is 4.90 Å². The van der Waals surface area contributed by atoms with Crippen LogP contribution in [0.3, 0.4) is 0 Å². The number of nitriles is 1. The summed E-state index contributed by atoms with van der Waals surface area (Å²) in [6.45, 7) is 9.29. The highest BCUT2D eigenvalue weighted by atomic mass is 32.2. The highest BCUT2D eigenvalue weighted by Crippen LogP contribution is 2.33. The fourth-order valence-electron chi connectivity index (χ4n) is 3.20. The number of nitrogens with zero attached hydrogens (tertiary/aromatic N) is 4. The van der Waals surface area contributed by atoms with Gasteiger partial charge in [-0.2, -0.15) is 5.26 Å². The van der Waals surface area contributed by atoms with E-state index in [4.69, 9.17) is 5.26 Å². The molecule has 0 radical (unpaired) electrons. The van der Waals surface area contributed by atoms with Crippen molar-refractivity contribution in [2.75, 3.05) is 13.1 Å². The quantitative estimate of drug-likeness (QED) is 0.746. The third kappa shape index (κ3) is 3.56. The molecule has 1 aromatic carbocycles. The van der Waals surface area contributed by atoms with Gasteiger partial charge in [0.15, 0.2) is 5.17 Å². The number of hydrogen-bond acceptors (Lipinski definition) is 4. The van der Waals surface area contributed by atoms with Crippen molar-refractivity contribution in [2.24, 2.45) is 4.99 Å². The molecule has 1 aliphatic rings. The normalized spacial score (nSPS) is 17.1. The van der Waals surface area contributed by atoms with Crippen LogP contribution >= 0.6 is 11.8 Å². The van der Waals surface area contributed by atoms with E-state index in [9.17, 15) is 4.79 Å². The lowest BCUT2D eigenvalue weighted by molar-refractivity contribution is -0.122. The summed E-state index contributed by atoms with van der Waals surface area (Å²) in [4.78, 5) is 19.5. The molecule has 1 aromatic heterocycles. The van der Waals surface area contributed by atoms with Crippen molar-refractivity contribution < 1.29 is 4.79 Å². The maximum atomic E-state index is 12.7. The minimum atomic E-state index is 0.0119. The number of benzene rings is 1. The molecule has 0 aliphatic carbocycles. The lowest BCUT2D eigenvalue weighted by Crippen LogP contribution is -2.28. The van der Waals surface area contributed by atoms with Crippen LogP contribution in [0.15, 0.2) is 40.2 Å². The van der Waals surface area contributed by atoms with Crippen LogP contribution in [0, 0.1) is 25.2 Å². The molecule has 2 aromatic rings. The van der Waals surface area contributed by atoms with E-state index in [-0.39, 0.29) is 5.91 Å². The molecule has 2 heterocycles. The predicted molar refractivity (Wildman–Crippen MR) is 111 cm³/mol. The van der Waals surface area contributed by atoms with Crippen LogP contribution in [0.1, 0.15) is 36.4 Å². The van der Waals surface area contributed by atoms with Crippen LogP contribution in [0.2, 0.25) is 0 Å². The van der Waals surface area contributed by atoms with Gasteiger partial charge in [0.1, 0.15) is 0 Å². The Bertz CT molecular complexity index is 977. The molecule has 0 spiro atoms. The van der Waals surface area contributed by atoms with Crippen molar-refractivity contribution in [3.8, 4) is 11.8 Å². The van der Waals surface area contributed by atoms with Gasteiger partial charge in [-0.15, -0.1) is 0 Å². The molecule has 0 atom stereocenters. The third-order valence-corrected chi connectivity index (χ3v) is 5.55. The van der Waals surface area contributed by atoms with Crippen molar-refractivity contribution in [1.29, 1.82) is 5.26 Å². The van der Waals surface area contributed by atoms with Crippen LogP contribution in [-0.4, -0.2) is 33.6 Å². The van der Waals surface area contributed by atoms with E-state index >= 15 is 0 Å². The van der Waals surface area contributed by atoms with Gasteiger partial charge in [0.05, 0.1) is 16.5 Å². The lowest BCUT2D eigenvalue weighted by atomic mass is 10.2. The van der Waals surface area contributed by atoms with Gasteiger partial charge in [0.2, 0.25) is 0 Å². The highest BCUT2D eigenvalue weighted by Gasteiger charge is 2.32. The summed E-state index contributed by atoms with van der Waals surface area (Å²) in [6, 6.07) is 11.7. The number of hydrogen-bond donors (Lipinski definition) is 0. The Labute approximate surface area is 164 Å². The van der Waals surface area contributed by atoms with Crippen LogP contribution in [-0.2, 0) is 4.79 Å². The molecule has 0 bridgehead atoms. The molecule has 1 fully saturated rings. The standard InChI is InChI=1S/C21H22N4OS/c1-5-23-21-24(6-2)20(26)19(27-21)12-17-11-14(3)25(15(17)4)18-9-7-16(13-22)8-10-18/h7-12H,5-6H2,1-4H3/b19-12+,23-21?. The topological polar surface area (TPSA) is 61.4 Å². The number of amides is 1. The molecule has 6 heteroatoms. The Morgan fingerprint density at radius 3 is 2.52 bits per heavy atom. The Kier molecular flexibility index (Phi) is 5.52. The van der Waals surface area contributed by atoms with Crippen molar-refractivity contribution in [3.05, 3.63) is 57.8 Å². The number of carbonyl (C=O) groups is 1. The first-order valence-electron chi connectivity index (χ1n) is 8.95. The van der Waals surface area contributed by atoms with Gasteiger partial charge < -0.3 is 4.57 Å². The number of amidine groups is 1. The Hall–Kier alpha value is -2.78. The molecule has 138 valence electrons. The number of thioether (sulfide) groups is 1. The van der Waals surface area contributed by atoms with Crippen molar-refractivity contribution >= 4 is 28.9 Å². The first-order valence-corrected chi connectivity index (χ1v) is 9.77. The van der Waals surface area contributed by atoms with Crippen LogP contribution in [0.5, 0.6) is 0 Å². The van der Waals surface area contributed by atoms with Crippen molar-refractivity contribution in [3.63, 3.8) is 0 Å². The van der Waals surface area contributed by atoms with Gasteiger partial charge in [-0.25, -0.2) is 0 Å². The van der Waals surface area contributed by atoms with E-state index in [2.05, 4.69) is 21.7 Å². The molecule has 1 aliphatic heterocycles. The zero-order valence-corrected chi connectivity index (χ0v) is 16.8. The van der Waals surface area contributed by atoms with Crippen LogP contribution < -0.4 is 0 Å². The number of aryl methyl sites for hydroxylation is 1. The summed E-state index contributed by atoms with van der Waals surface area (Å²) in [7, 11) is 0. The van der Waals surface area contributed by atoms with Crippen molar-refractivity contribution in [1.82, 2.24) is 9.47 Å². The van der Waals surface area contributed by atoms with E-state index in [0.717, 1.165) is 27.8 Å². The molecule has 1 amide bonds. The van der Waals surface area contributed by atoms with E-state index < -0.39 is 0 Å². The van der Waals surface area contributed by atoms with Crippen LogP contribution in [0.4, 0.5) is 0 Å². The number of rotatable bonds is 4. The van der Waals surface area contributed by atoms with E-state index in [1.165, 1.54) is 11.8 Å². The fourth-order valence-corrected chi connectivity index (χ4v) is 4.29. The summed E-state index contributed by atoms with van der Waals surface area (Å²) < 4.78 is 2.14. The molecule has 27 heavy (non-hydrogen) atoms. The fraction of sp³-hybridized carbons (Fsp3) is 0.286. The van der Waals surface area contributed by atoms with Gasteiger partial charge in [0, 0.05) is 30.2 Å². The van der Waals surface area contributed by atoms with Crippen LogP contribution in [0.25, 0.3) is 11.8 Å². The number of aliphatic imine (C=N–C) groups is 1. The van der Waals surface area contributed by atoms with Gasteiger partial charge in [-0.3, -0.25) is 14.7 Å². The maximum absolute atomic E-state index is 12.7. The van der Waals surface area contributed by atoms with Gasteiger partial charge in [-0.1, -0.05) is 0 Å². The summed E-state index contributed by atoms with van der Waals surface area (Å²) in [5, 5.41) is 9.76. The zero-order chi connectivity index (χ0) is 19.6. The SMILES string of the molecule is CCN=C1S/C(=C/c2cc(C)n(-c3ccc(C#N)cc3)c2C)C(=O)N1CC. The number of likely N-dealkylation sites (N-methyl/N-ethyl adjacent to an activating group) is 1. The first-order chi connectivity index (χ1) is 13.0. The summed E-state index contributed by atoms with van der Waals surface area (Å²) in [6.07, 6.45) is 1.95. The van der Waals surface area contributed by atoms with E-state index in [0.29, 0.717) is 23.6 Å². The molecule has 1 saturated heterocycles. The second-order valence-electron chi connectivity index (χ2n) is 6.24. The minimum absolute atomic E-state index is 0.0119. The molecular formula is C21H22N4OS. The molecule has 0 saturated carbocycles. The Morgan fingerprint density at radius 2 is 1.93 bits per heavy atom. The smallest absolute Gasteiger partial charge is 0.266 e. The Balaban J connectivity index is 1.99. The summed E-state index contributed by atoms with van der Waals surface area (Å²) in [5.41, 5.74) is 4.79. The second-order valence-corrected chi connectivity index (χ2v) is 7.25. The van der Waals surface area contributed by atoms with Gasteiger partial charge in [-0.05, 0) is 81.4 Å².